The van der Waals surface area contributed by atoms with Crippen LogP contribution in [0.1, 0.15) is 5.56 Å². The highest BCUT2D eigenvalue weighted by Crippen LogP contribution is 2.29. The molecule has 0 unspecified atom stereocenters. The molecule has 1 amide bonds. The summed E-state index contributed by atoms with van der Waals surface area (Å²) in [5.41, 5.74) is 1.62. The van der Waals surface area contributed by atoms with E-state index in [1.165, 1.54) is 30.3 Å². The lowest BCUT2D eigenvalue weighted by molar-refractivity contribution is -0.131. The summed E-state index contributed by atoms with van der Waals surface area (Å²) in [6.45, 7) is 1.64. The molecule has 1 heterocycles. The van der Waals surface area contributed by atoms with Gasteiger partial charge < -0.3 is 9.80 Å². The number of hydrogen-bond acceptors (Lipinski definition) is 4. The molecule has 0 radical (unpaired) electrons. The van der Waals surface area contributed by atoms with E-state index in [0.717, 1.165) is 15.6 Å². The zero-order chi connectivity index (χ0) is 25.0. The highest BCUT2D eigenvalue weighted by Gasteiger charge is 2.31. The summed E-state index contributed by atoms with van der Waals surface area (Å²) in [4.78, 5) is 16.8. The van der Waals surface area contributed by atoms with E-state index in [0.29, 0.717) is 26.2 Å². The fraction of sp³-hybridized carbons (Fsp3) is 0.240. The van der Waals surface area contributed by atoms with Gasteiger partial charge in [0.1, 0.15) is 10.7 Å². The Morgan fingerprint density at radius 3 is 2.23 bits per heavy atom. The third-order valence-electron chi connectivity index (χ3n) is 5.85. The largest absolute Gasteiger partial charge is 0.368 e. The third kappa shape index (κ3) is 6.13. The topological polar surface area (TPSA) is 60.9 Å². The average Bonchev–Trinajstić information content (AvgIpc) is 2.86. The maximum absolute atomic E-state index is 13.6. The molecule has 4 rings (SSSR count). The van der Waals surface area contributed by atoms with Crippen LogP contribution in [0.2, 0.25) is 10.0 Å². The Morgan fingerprint density at radius 1 is 0.914 bits per heavy atom. The van der Waals surface area contributed by atoms with Gasteiger partial charge in [0.25, 0.3) is 0 Å². The van der Waals surface area contributed by atoms with Gasteiger partial charge in [0.2, 0.25) is 15.9 Å². The van der Waals surface area contributed by atoms with E-state index in [2.05, 4.69) is 4.90 Å². The van der Waals surface area contributed by atoms with Crippen molar-refractivity contribution in [2.45, 2.75) is 11.4 Å². The second-order valence-corrected chi connectivity index (χ2v) is 10.9. The molecule has 0 aliphatic carbocycles. The summed E-state index contributed by atoms with van der Waals surface area (Å²) in [5, 5.41) is 0.267. The number of carbonyl (C=O) groups is 1. The van der Waals surface area contributed by atoms with Gasteiger partial charge in [-0.3, -0.25) is 4.79 Å². The van der Waals surface area contributed by atoms with Crippen LogP contribution in [-0.4, -0.2) is 56.3 Å². The fourth-order valence-electron chi connectivity index (χ4n) is 3.94. The van der Waals surface area contributed by atoms with Crippen molar-refractivity contribution in [1.29, 1.82) is 0 Å². The SMILES string of the molecule is O=C(CN(Cc1ccccc1)S(=O)(=O)c1cc(Cl)ccc1Cl)N1CCN(c2ccc(F)cc2)CC1. The van der Waals surface area contributed by atoms with Crippen molar-refractivity contribution in [3.63, 3.8) is 0 Å². The van der Waals surface area contributed by atoms with E-state index >= 15 is 0 Å². The van der Waals surface area contributed by atoms with E-state index in [1.54, 1.807) is 29.2 Å². The predicted molar refractivity (Wildman–Crippen MR) is 136 cm³/mol. The van der Waals surface area contributed by atoms with Crippen LogP contribution < -0.4 is 4.90 Å². The van der Waals surface area contributed by atoms with Gasteiger partial charge in [-0.15, -0.1) is 0 Å². The lowest BCUT2D eigenvalue weighted by Crippen LogP contribution is -2.51. The van der Waals surface area contributed by atoms with Crippen molar-refractivity contribution in [3.8, 4) is 0 Å². The number of piperazine rings is 1. The molecule has 6 nitrogen and oxygen atoms in total. The smallest absolute Gasteiger partial charge is 0.245 e. The number of benzene rings is 3. The van der Waals surface area contributed by atoms with Crippen LogP contribution in [0.15, 0.2) is 77.7 Å². The van der Waals surface area contributed by atoms with E-state index in [-0.39, 0.29) is 39.8 Å². The summed E-state index contributed by atoms with van der Waals surface area (Å²) < 4.78 is 41.5. The highest BCUT2D eigenvalue weighted by atomic mass is 35.5. The Kier molecular flexibility index (Phi) is 7.96. The molecule has 10 heteroatoms. The number of nitrogens with zero attached hydrogens (tertiary/aromatic N) is 3. The quantitative estimate of drug-likeness (QED) is 0.441. The number of anilines is 1. The van der Waals surface area contributed by atoms with E-state index < -0.39 is 10.0 Å². The summed E-state index contributed by atoms with van der Waals surface area (Å²) >= 11 is 12.3. The minimum Gasteiger partial charge on any atom is -0.368 e. The Hall–Kier alpha value is -2.65. The molecule has 0 aromatic heterocycles. The lowest BCUT2D eigenvalue weighted by Gasteiger charge is -2.37. The minimum atomic E-state index is -4.12. The zero-order valence-corrected chi connectivity index (χ0v) is 21.1. The normalized spacial score (nSPS) is 14.4. The monoisotopic (exact) mass is 535 g/mol. The fourth-order valence-corrected chi connectivity index (χ4v) is 6.06. The van der Waals surface area contributed by atoms with Crippen molar-refractivity contribution < 1.29 is 17.6 Å². The van der Waals surface area contributed by atoms with Crippen LogP contribution in [0.25, 0.3) is 0 Å². The van der Waals surface area contributed by atoms with Crippen molar-refractivity contribution in [2.24, 2.45) is 0 Å². The zero-order valence-electron chi connectivity index (χ0n) is 18.8. The van der Waals surface area contributed by atoms with Crippen LogP contribution in [0.4, 0.5) is 10.1 Å². The van der Waals surface area contributed by atoms with E-state index in [1.807, 2.05) is 18.2 Å². The van der Waals surface area contributed by atoms with Gasteiger partial charge in [-0.1, -0.05) is 53.5 Å². The van der Waals surface area contributed by atoms with Gasteiger partial charge in [-0.05, 0) is 48.0 Å². The maximum atomic E-state index is 13.6. The Bertz CT molecular complexity index is 1280. The molecule has 1 saturated heterocycles. The number of rotatable bonds is 7. The molecule has 0 spiro atoms. The standard InChI is InChI=1S/C25H24Cl2FN3O3S/c26-20-6-11-23(27)24(16-20)35(33,34)31(17-19-4-2-1-3-5-19)18-25(32)30-14-12-29(13-15-30)22-9-7-21(28)8-10-22/h1-11,16H,12-15,17-18H2. The molecule has 1 aliphatic heterocycles. The molecular formula is C25H24Cl2FN3O3S. The molecule has 0 atom stereocenters. The molecule has 0 saturated carbocycles. The second kappa shape index (κ2) is 11.0. The van der Waals surface area contributed by atoms with Gasteiger partial charge >= 0.3 is 0 Å². The Labute approximate surface area is 214 Å². The number of hydrogen-bond donors (Lipinski definition) is 0. The summed E-state index contributed by atoms with van der Waals surface area (Å²) in [7, 11) is -4.12. The second-order valence-electron chi connectivity index (χ2n) is 8.18. The predicted octanol–water partition coefficient (Wildman–Crippen LogP) is 4.67. The Morgan fingerprint density at radius 2 is 1.57 bits per heavy atom. The van der Waals surface area contributed by atoms with Crippen LogP contribution >= 0.6 is 23.2 Å². The molecule has 1 aliphatic rings. The van der Waals surface area contributed by atoms with Crippen molar-refractivity contribution in [1.82, 2.24) is 9.21 Å². The van der Waals surface area contributed by atoms with Crippen LogP contribution in [0.5, 0.6) is 0 Å². The van der Waals surface area contributed by atoms with Crippen molar-refractivity contribution in [2.75, 3.05) is 37.6 Å². The molecule has 1 fully saturated rings. The van der Waals surface area contributed by atoms with Gasteiger partial charge in [0, 0.05) is 43.4 Å². The third-order valence-corrected chi connectivity index (χ3v) is 8.36. The average molecular weight is 536 g/mol. The number of sulfonamides is 1. The first kappa shape index (κ1) is 25.4. The molecule has 35 heavy (non-hydrogen) atoms. The van der Waals surface area contributed by atoms with Crippen LogP contribution in [-0.2, 0) is 21.4 Å². The first-order valence-corrected chi connectivity index (χ1v) is 13.2. The molecule has 3 aromatic rings. The van der Waals surface area contributed by atoms with Crippen molar-refractivity contribution >= 4 is 44.8 Å². The summed E-state index contributed by atoms with van der Waals surface area (Å²) in [6.07, 6.45) is 0. The summed E-state index contributed by atoms with van der Waals surface area (Å²) in [6, 6.07) is 19.5. The van der Waals surface area contributed by atoms with Crippen LogP contribution in [0, 0.1) is 5.82 Å². The molecule has 184 valence electrons. The Balaban J connectivity index is 1.51. The van der Waals surface area contributed by atoms with Crippen molar-refractivity contribution in [3.05, 3.63) is 94.2 Å². The molecule has 0 N–H and O–H groups in total. The number of amides is 1. The highest BCUT2D eigenvalue weighted by molar-refractivity contribution is 7.89. The molecular weight excluding hydrogens is 512 g/mol. The van der Waals surface area contributed by atoms with E-state index in [4.69, 9.17) is 23.2 Å². The van der Waals surface area contributed by atoms with Crippen LogP contribution in [0.3, 0.4) is 0 Å². The molecule has 3 aromatic carbocycles. The number of carbonyl (C=O) groups excluding carboxylic acids is 1. The minimum absolute atomic E-state index is 0.00724. The maximum Gasteiger partial charge on any atom is 0.245 e. The lowest BCUT2D eigenvalue weighted by atomic mass is 10.2. The molecule has 0 bridgehead atoms. The first-order chi connectivity index (χ1) is 16.7. The summed E-state index contributed by atoms with van der Waals surface area (Å²) in [5.74, 6) is -0.608. The first-order valence-electron chi connectivity index (χ1n) is 11.0. The van der Waals surface area contributed by atoms with Gasteiger partial charge in [0.05, 0.1) is 11.6 Å². The van der Waals surface area contributed by atoms with Gasteiger partial charge in [0.15, 0.2) is 0 Å². The van der Waals surface area contributed by atoms with Gasteiger partial charge in [-0.25, -0.2) is 12.8 Å². The number of halogens is 3. The van der Waals surface area contributed by atoms with E-state index in [9.17, 15) is 17.6 Å². The van der Waals surface area contributed by atoms with Gasteiger partial charge in [-0.2, -0.15) is 4.31 Å².